The first-order chi connectivity index (χ1) is 11.0. The Morgan fingerprint density at radius 1 is 1.12 bits per heavy atom. The van der Waals surface area contributed by atoms with Crippen LogP contribution in [0.4, 0.5) is 0 Å². The van der Waals surface area contributed by atoms with Crippen molar-refractivity contribution < 1.29 is 14.6 Å². The minimum atomic E-state index is -0.201. The number of aromatic hydroxyl groups is 1. The molecule has 24 heavy (non-hydrogen) atoms. The Kier molecular flexibility index (Phi) is 6.85. The van der Waals surface area contributed by atoms with Crippen molar-refractivity contribution in [2.45, 2.75) is 72.3 Å². The summed E-state index contributed by atoms with van der Waals surface area (Å²) in [5.41, 5.74) is 3.07. The van der Waals surface area contributed by atoms with Crippen LogP contribution >= 0.6 is 0 Å². The van der Waals surface area contributed by atoms with Crippen LogP contribution in [0.3, 0.4) is 0 Å². The molecule has 4 nitrogen and oxygen atoms in total. The summed E-state index contributed by atoms with van der Waals surface area (Å²) in [6.07, 6.45) is 0.333. The van der Waals surface area contributed by atoms with Crippen LogP contribution in [-0.2, 0) is 26.9 Å². The van der Waals surface area contributed by atoms with E-state index in [-0.39, 0.29) is 16.8 Å². The number of esters is 1. The van der Waals surface area contributed by atoms with Crippen LogP contribution in [0, 0.1) is 0 Å². The first kappa shape index (κ1) is 20.5. The number of hydrogen-bond donors (Lipinski definition) is 2. The van der Waals surface area contributed by atoms with Gasteiger partial charge in [-0.25, -0.2) is 0 Å². The lowest BCUT2D eigenvalue weighted by molar-refractivity contribution is -0.142. The Morgan fingerprint density at radius 2 is 1.75 bits per heavy atom. The van der Waals surface area contributed by atoms with Gasteiger partial charge in [0.1, 0.15) is 5.75 Å². The maximum absolute atomic E-state index is 11.4. The van der Waals surface area contributed by atoms with E-state index >= 15 is 0 Å². The molecule has 0 bridgehead atoms. The maximum Gasteiger partial charge on any atom is 0.307 e. The molecule has 4 heteroatoms. The number of phenolic OH excluding ortho intramolecular Hbond substituents is 1. The molecule has 0 heterocycles. The van der Waals surface area contributed by atoms with Gasteiger partial charge in [-0.05, 0) is 34.9 Å². The third-order valence-corrected chi connectivity index (χ3v) is 4.01. The highest BCUT2D eigenvalue weighted by Gasteiger charge is 2.24. The molecular weight excluding hydrogens is 302 g/mol. The summed E-state index contributed by atoms with van der Waals surface area (Å²) in [5.74, 6) is 0.115. The van der Waals surface area contributed by atoms with Crippen LogP contribution < -0.4 is 5.32 Å². The zero-order valence-electron chi connectivity index (χ0n) is 16.2. The van der Waals surface area contributed by atoms with E-state index in [1.807, 2.05) is 6.07 Å². The second-order valence-corrected chi connectivity index (χ2v) is 8.25. The monoisotopic (exact) mass is 335 g/mol. The molecule has 0 spiro atoms. The largest absolute Gasteiger partial charge is 0.508 e. The zero-order valence-corrected chi connectivity index (χ0v) is 16.2. The molecular formula is C20H33NO3. The van der Waals surface area contributed by atoms with Crippen LogP contribution in [0.25, 0.3) is 0 Å². The first-order valence-corrected chi connectivity index (χ1v) is 8.70. The summed E-state index contributed by atoms with van der Waals surface area (Å²) < 4.78 is 4.92. The predicted molar refractivity (Wildman–Crippen MR) is 98.5 cm³/mol. The van der Waals surface area contributed by atoms with E-state index in [0.717, 1.165) is 16.7 Å². The molecule has 1 aromatic rings. The lowest BCUT2D eigenvalue weighted by Crippen LogP contribution is -2.23. The van der Waals surface area contributed by atoms with E-state index in [1.54, 1.807) is 6.92 Å². The third-order valence-electron chi connectivity index (χ3n) is 4.01. The molecule has 136 valence electrons. The van der Waals surface area contributed by atoms with E-state index in [4.69, 9.17) is 4.74 Å². The van der Waals surface area contributed by atoms with E-state index in [0.29, 0.717) is 31.9 Å². The Hall–Kier alpha value is -1.55. The van der Waals surface area contributed by atoms with Crippen molar-refractivity contribution in [2.24, 2.45) is 0 Å². The first-order valence-electron chi connectivity index (χ1n) is 8.70. The van der Waals surface area contributed by atoms with Crippen molar-refractivity contribution in [3.63, 3.8) is 0 Å². The summed E-state index contributed by atoms with van der Waals surface area (Å²) >= 11 is 0. The number of ether oxygens (including phenoxy) is 1. The lowest BCUT2D eigenvalue weighted by atomic mass is 9.78. The smallest absolute Gasteiger partial charge is 0.307 e. The molecule has 1 rings (SSSR count). The molecule has 0 fully saturated rings. The van der Waals surface area contributed by atoms with Crippen molar-refractivity contribution in [3.05, 3.63) is 28.8 Å². The number of hydrogen-bond acceptors (Lipinski definition) is 4. The van der Waals surface area contributed by atoms with Crippen LogP contribution in [0.1, 0.15) is 71.6 Å². The molecule has 0 saturated heterocycles. The number of nitrogens with one attached hydrogen (secondary N) is 1. The summed E-state index contributed by atoms with van der Waals surface area (Å²) in [7, 11) is 0. The number of benzene rings is 1. The van der Waals surface area contributed by atoms with Gasteiger partial charge in [0.25, 0.3) is 0 Å². The molecule has 0 aromatic heterocycles. The summed E-state index contributed by atoms with van der Waals surface area (Å²) in [4.78, 5) is 11.4. The van der Waals surface area contributed by atoms with E-state index < -0.39 is 0 Å². The summed E-state index contributed by atoms with van der Waals surface area (Å²) in [6, 6.07) is 4.06. The SMILES string of the molecule is CCOC(=O)CCNCc1c(O)cc(C(C)(C)C)cc1C(C)(C)C. The van der Waals surface area contributed by atoms with E-state index in [2.05, 4.69) is 52.9 Å². The van der Waals surface area contributed by atoms with Gasteiger partial charge in [0.2, 0.25) is 0 Å². The van der Waals surface area contributed by atoms with Gasteiger partial charge >= 0.3 is 5.97 Å². The second-order valence-electron chi connectivity index (χ2n) is 8.25. The number of carbonyl (C=O) groups is 1. The fourth-order valence-electron chi connectivity index (χ4n) is 2.58. The van der Waals surface area contributed by atoms with Crippen molar-refractivity contribution in [1.82, 2.24) is 5.32 Å². The van der Waals surface area contributed by atoms with Crippen molar-refractivity contribution in [2.75, 3.05) is 13.2 Å². The summed E-state index contributed by atoms with van der Waals surface area (Å²) in [6.45, 7) is 16.1. The fourth-order valence-corrected chi connectivity index (χ4v) is 2.58. The van der Waals surface area contributed by atoms with Crippen LogP contribution in [0.5, 0.6) is 5.75 Å². The molecule has 2 N–H and O–H groups in total. The van der Waals surface area contributed by atoms with Gasteiger partial charge in [0.15, 0.2) is 0 Å². The molecule has 0 amide bonds. The minimum absolute atomic E-state index is 0.0205. The Morgan fingerprint density at radius 3 is 2.25 bits per heavy atom. The quantitative estimate of drug-likeness (QED) is 0.609. The number of rotatable bonds is 6. The molecule has 0 aliphatic heterocycles. The van der Waals surface area contributed by atoms with E-state index in [9.17, 15) is 9.90 Å². The second kappa shape index (κ2) is 8.02. The normalized spacial score (nSPS) is 12.3. The van der Waals surface area contributed by atoms with Crippen LogP contribution in [0.15, 0.2) is 12.1 Å². The van der Waals surface area contributed by atoms with Gasteiger partial charge in [-0.15, -0.1) is 0 Å². The third kappa shape index (κ3) is 5.82. The van der Waals surface area contributed by atoms with Crippen LogP contribution in [-0.4, -0.2) is 24.2 Å². The highest BCUT2D eigenvalue weighted by molar-refractivity contribution is 5.69. The van der Waals surface area contributed by atoms with E-state index in [1.165, 1.54) is 0 Å². The van der Waals surface area contributed by atoms with Crippen molar-refractivity contribution >= 4 is 5.97 Å². The average molecular weight is 335 g/mol. The summed E-state index contributed by atoms with van der Waals surface area (Å²) in [5, 5.41) is 13.8. The predicted octanol–water partition coefficient (Wildman–Crippen LogP) is 4.03. The highest BCUT2D eigenvalue weighted by Crippen LogP contribution is 2.36. The average Bonchev–Trinajstić information content (AvgIpc) is 2.42. The van der Waals surface area contributed by atoms with Gasteiger partial charge in [-0.2, -0.15) is 0 Å². The van der Waals surface area contributed by atoms with Gasteiger partial charge in [-0.3, -0.25) is 4.79 Å². The van der Waals surface area contributed by atoms with Gasteiger partial charge in [-0.1, -0.05) is 47.6 Å². The maximum atomic E-state index is 11.4. The Labute approximate surface area is 146 Å². The van der Waals surface area contributed by atoms with Gasteiger partial charge in [0.05, 0.1) is 13.0 Å². The standard InChI is InChI=1S/C20H33NO3/c1-8-24-18(23)9-10-21-13-15-16(20(5,6)7)11-14(12-17(15)22)19(2,3)4/h11-12,21-22H,8-10,13H2,1-7H3. The molecule has 1 aromatic carbocycles. The molecule has 0 unspecified atom stereocenters. The lowest BCUT2D eigenvalue weighted by Gasteiger charge is -2.28. The minimum Gasteiger partial charge on any atom is -0.508 e. The molecule has 0 aliphatic rings. The van der Waals surface area contributed by atoms with Crippen molar-refractivity contribution in [1.29, 1.82) is 0 Å². The number of phenols is 1. The molecule has 0 aliphatic carbocycles. The van der Waals surface area contributed by atoms with Gasteiger partial charge < -0.3 is 15.2 Å². The Bertz CT molecular complexity index is 565. The fraction of sp³-hybridized carbons (Fsp3) is 0.650. The molecule has 0 atom stereocenters. The Balaban J connectivity index is 2.95. The number of carbonyl (C=O) groups excluding carboxylic acids is 1. The topological polar surface area (TPSA) is 58.6 Å². The highest BCUT2D eigenvalue weighted by atomic mass is 16.5. The van der Waals surface area contributed by atoms with Crippen LogP contribution in [0.2, 0.25) is 0 Å². The zero-order chi connectivity index (χ0) is 18.5. The van der Waals surface area contributed by atoms with Crippen molar-refractivity contribution in [3.8, 4) is 5.75 Å². The molecule has 0 radical (unpaired) electrons. The molecule has 0 saturated carbocycles. The van der Waals surface area contributed by atoms with Gasteiger partial charge in [0, 0.05) is 18.7 Å².